The molecule has 0 bridgehead atoms. The molecule has 1 aromatic carbocycles. The van der Waals surface area contributed by atoms with E-state index in [2.05, 4.69) is 15.3 Å². The van der Waals surface area contributed by atoms with Crippen molar-refractivity contribution in [3.05, 3.63) is 52.8 Å². The maximum absolute atomic E-state index is 12.1. The van der Waals surface area contributed by atoms with Crippen LogP contribution < -0.4 is 5.32 Å². The lowest BCUT2D eigenvalue weighted by Crippen LogP contribution is -2.37. The molecule has 0 spiro atoms. The zero-order chi connectivity index (χ0) is 20.5. The van der Waals surface area contributed by atoms with Crippen LogP contribution in [-0.4, -0.2) is 40.7 Å². The zero-order valence-corrected chi connectivity index (χ0v) is 17.6. The molecule has 0 aliphatic heterocycles. The first-order valence-corrected chi connectivity index (χ1v) is 10.5. The summed E-state index contributed by atoms with van der Waals surface area (Å²) in [5, 5.41) is 3.53. The van der Waals surface area contributed by atoms with Gasteiger partial charge in [0.2, 0.25) is 0 Å². The van der Waals surface area contributed by atoms with Crippen LogP contribution in [0.25, 0.3) is 0 Å². The van der Waals surface area contributed by atoms with Crippen molar-refractivity contribution in [2.45, 2.75) is 51.3 Å². The third-order valence-electron chi connectivity index (χ3n) is 4.40. The van der Waals surface area contributed by atoms with E-state index in [4.69, 9.17) is 4.74 Å². The van der Waals surface area contributed by atoms with Crippen molar-refractivity contribution in [1.29, 1.82) is 0 Å². The number of aryl methyl sites for hydroxylation is 2. The summed E-state index contributed by atoms with van der Waals surface area (Å²) in [6, 6.07) is 9.90. The molecule has 2 rings (SSSR count). The third-order valence-corrected chi connectivity index (χ3v) is 4.94. The van der Waals surface area contributed by atoms with Crippen molar-refractivity contribution in [2.24, 2.45) is 0 Å². The van der Waals surface area contributed by atoms with E-state index in [0.717, 1.165) is 34.1 Å². The highest BCUT2D eigenvalue weighted by atomic mass is 32.2. The molecule has 2 aromatic rings. The van der Waals surface area contributed by atoms with E-state index in [-0.39, 0.29) is 12.3 Å². The summed E-state index contributed by atoms with van der Waals surface area (Å²) in [6.07, 6.45) is 2.52. The van der Waals surface area contributed by atoms with Gasteiger partial charge in [-0.05, 0) is 51.0 Å². The average Bonchev–Trinajstić information content (AvgIpc) is 2.67. The van der Waals surface area contributed by atoms with Crippen LogP contribution in [0.15, 0.2) is 35.5 Å². The fourth-order valence-corrected chi connectivity index (χ4v) is 3.27. The SMILES string of the molecule is CSc1nc(C)c(CCC(=O)OC(C)C(=O)NCCc2ccccc2)c(C)n1. The van der Waals surface area contributed by atoms with Crippen LogP contribution in [0.1, 0.15) is 35.9 Å². The number of hydrogen-bond acceptors (Lipinski definition) is 6. The number of carbonyl (C=O) groups is 2. The van der Waals surface area contributed by atoms with Crippen molar-refractivity contribution in [1.82, 2.24) is 15.3 Å². The molecule has 1 amide bonds. The number of thioether (sulfide) groups is 1. The molecule has 0 aliphatic carbocycles. The normalized spacial score (nSPS) is 11.7. The predicted molar refractivity (Wildman–Crippen MR) is 110 cm³/mol. The number of ether oxygens (including phenoxy) is 1. The summed E-state index contributed by atoms with van der Waals surface area (Å²) in [5.74, 6) is -0.692. The molecule has 1 heterocycles. The number of amides is 1. The second kappa shape index (κ2) is 10.8. The molecule has 0 saturated carbocycles. The number of rotatable bonds is 9. The van der Waals surface area contributed by atoms with Gasteiger partial charge in [-0.1, -0.05) is 42.1 Å². The number of esters is 1. The van der Waals surface area contributed by atoms with Crippen LogP contribution in [0.2, 0.25) is 0 Å². The molecule has 7 heteroatoms. The molecule has 28 heavy (non-hydrogen) atoms. The molecule has 0 radical (unpaired) electrons. The fraction of sp³-hybridized carbons (Fsp3) is 0.429. The van der Waals surface area contributed by atoms with E-state index >= 15 is 0 Å². The van der Waals surface area contributed by atoms with Gasteiger partial charge in [-0.25, -0.2) is 9.97 Å². The highest BCUT2D eigenvalue weighted by Gasteiger charge is 2.18. The van der Waals surface area contributed by atoms with Crippen LogP contribution in [0.5, 0.6) is 0 Å². The lowest BCUT2D eigenvalue weighted by molar-refractivity contribution is -0.154. The fourth-order valence-electron chi connectivity index (χ4n) is 2.82. The first kappa shape index (κ1) is 21.9. The topological polar surface area (TPSA) is 81.2 Å². The Morgan fingerprint density at radius 1 is 1.11 bits per heavy atom. The molecule has 0 fully saturated rings. The van der Waals surface area contributed by atoms with Crippen LogP contribution in [0.3, 0.4) is 0 Å². The molecule has 1 aromatic heterocycles. The summed E-state index contributed by atoms with van der Waals surface area (Å²) < 4.78 is 5.27. The van der Waals surface area contributed by atoms with Crippen LogP contribution in [-0.2, 0) is 27.2 Å². The molecular weight excluding hydrogens is 374 g/mol. The number of aromatic nitrogens is 2. The van der Waals surface area contributed by atoms with Crippen LogP contribution in [0, 0.1) is 13.8 Å². The van der Waals surface area contributed by atoms with Gasteiger partial charge in [0.25, 0.3) is 5.91 Å². The minimum absolute atomic E-state index is 0.186. The number of hydrogen-bond donors (Lipinski definition) is 1. The van der Waals surface area contributed by atoms with Crippen molar-refractivity contribution >= 4 is 23.6 Å². The molecule has 1 unspecified atom stereocenters. The smallest absolute Gasteiger partial charge is 0.306 e. The minimum Gasteiger partial charge on any atom is -0.453 e. The largest absolute Gasteiger partial charge is 0.453 e. The lowest BCUT2D eigenvalue weighted by Gasteiger charge is -2.14. The predicted octanol–water partition coefficient (Wildman–Crippen LogP) is 3.04. The number of carbonyl (C=O) groups excluding carboxylic acids is 2. The highest BCUT2D eigenvalue weighted by Crippen LogP contribution is 2.17. The maximum atomic E-state index is 12.1. The Hall–Kier alpha value is -2.41. The molecular formula is C21H27N3O3S. The zero-order valence-electron chi connectivity index (χ0n) is 16.8. The van der Waals surface area contributed by atoms with E-state index in [1.54, 1.807) is 6.92 Å². The van der Waals surface area contributed by atoms with Crippen molar-refractivity contribution in [2.75, 3.05) is 12.8 Å². The molecule has 0 saturated heterocycles. The van der Waals surface area contributed by atoms with Gasteiger partial charge in [-0.2, -0.15) is 0 Å². The number of benzene rings is 1. The summed E-state index contributed by atoms with van der Waals surface area (Å²) in [6.45, 7) is 5.92. The van der Waals surface area contributed by atoms with Gasteiger partial charge in [0.05, 0.1) is 0 Å². The van der Waals surface area contributed by atoms with E-state index < -0.39 is 12.1 Å². The van der Waals surface area contributed by atoms with Gasteiger partial charge in [0.15, 0.2) is 11.3 Å². The van der Waals surface area contributed by atoms with Crippen LogP contribution in [0.4, 0.5) is 0 Å². The standard InChI is InChI=1S/C21H27N3O3S/c1-14-18(15(2)24-21(23-14)28-4)10-11-19(25)27-16(3)20(26)22-13-12-17-8-6-5-7-9-17/h5-9,16H,10-13H2,1-4H3,(H,22,26). The second-order valence-electron chi connectivity index (χ2n) is 6.52. The molecule has 0 aliphatic rings. The van der Waals surface area contributed by atoms with Gasteiger partial charge in [-0.3, -0.25) is 9.59 Å². The van der Waals surface area contributed by atoms with E-state index in [9.17, 15) is 9.59 Å². The molecule has 1 N–H and O–H groups in total. The Labute approximate surface area is 170 Å². The number of nitrogens with zero attached hydrogens (tertiary/aromatic N) is 2. The Balaban J connectivity index is 1.76. The van der Waals surface area contributed by atoms with Crippen molar-refractivity contribution < 1.29 is 14.3 Å². The first-order valence-electron chi connectivity index (χ1n) is 9.30. The van der Waals surface area contributed by atoms with E-state index in [0.29, 0.717) is 13.0 Å². The van der Waals surface area contributed by atoms with Gasteiger partial charge >= 0.3 is 5.97 Å². The second-order valence-corrected chi connectivity index (χ2v) is 7.29. The summed E-state index contributed by atoms with van der Waals surface area (Å²) in [4.78, 5) is 33.1. The van der Waals surface area contributed by atoms with Crippen LogP contribution >= 0.6 is 11.8 Å². The Kier molecular flexibility index (Phi) is 8.44. The number of nitrogens with one attached hydrogen (secondary N) is 1. The summed E-state index contributed by atoms with van der Waals surface area (Å²) in [7, 11) is 0. The average molecular weight is 402 g/mol. The van der Waals surface area contributed by atoms with Gasteiger partial charge in [-0.15, -0.1) is 0 Å². The minimum atomic E-state index is -0.819. The Morgan fingerprint density at radius 3 is 2.36 bits per heavy atom. The molecule has 150 valence electrons. The van der Waals surface area contributed by atoms with Gasteiger partial charge in [0.1, 0.15) is 0 Å². The summed E-state index contributed by atoms with van der Waals surface area (Å²) in [5.41, 5.74) is 3.84. The highest BCUT2D eigenvalue weighted by molar-refractivity contribution is 7.98. The lowest BCUT2D eigenvalue weighted by atomic mass is 10.1. The monoisotopic (exact) mass is 401 g/mol. The van der Waals surface area contributed by atoms with Crippen molar-refractivity contribution in [3.63, 3.8) is 0 Å². The van der Waals surface area contributed by atoms with E-state index in [1.807, 2.05) is 50.4 Å². The van der Waals surface area contributed by atoms with Crippen molar-refractivity contribution in [3.8, 4) is 0 Å². The first-order chi connectivity index (χ1) is 13.4. The summed E-state index contributed by atoms with van der Waals surface area (Å²) >= 11 is 1.49. The van der Waals surface area contributed by atoms with Gasteiger partial charge in [0, 0.05) is 24.4 Å². The maximum Gasteiger partial charge on any atom is 0.306 e. The third kappa shape index (κ3) is 6.64. The Morgan fingerprint density at radius 2 is 1.75 bits per heavy atom. The Bertz CT molecular complexity index is 789. The molecule has 6 nitrogen and oxygen atoms in total. The quantitative estimate of drug-likeness (QED) is 0.395. The van der Waals surface area contributed by atoms with E-state index in [1.165, 1.54) is 11.8 Å². The van der Waals surface area contributed by atoms with Gasteiger partial charge < -0.3 is 10.1 Å². The molecule has 1 atom stereocenters.